The van der Waals surface area contributed by atoms with Crippen molar-refractivity contribution in [3.8, 4) is 0 Å². The minimum Gasteiger partial charge on any atom is -0.345 e. The van der Waals surface area contributed by atoms with Gasteiger partial charge in [-0.1, -0.05) is 11.6 Å². The smallest absolute Gasteiger partial charge is 0.271 e. The van der Waals surface area contributed by atoms with Gasteiger partial charge in [0.25, 0.3) is 5.91 Å². The summed E-state index contributed by atoms with van der Waals surface area (Å²) in [4.78, 5) is 24.0. The molecule has 9 nitrogen and oxygen atoms in total. The van der Waals surface area contributed by atoms with Gasteiger partial charge in [0.15, 0.2) is 0 Å². The third-order valence-corrected chi connectivity index (χ3v) is 5.46. The van der Waals surface area contributed by atoms with E-state index in [1.54, 1.807) is 17.1 Å². The molecule has 0 radical (unpaired) electrons. The van der Waals surface area contributed by atoms with Crippen LogP contribution in [-0.2, 0) is 30.2 Å². The number of carbonyl (C=O) groups excluding carboxylic acids is 1. The zero-order valence-electron chi connectivity index (χ0n) is 15.1. The molecule has 2 aromatic heterocycles. The van der Waals surface area contributed by atoms with E-state index in [1.165, 1.54) is 12.4 Å². The molecule has 0 aliphatic rings. The molecule has 1 amide bonds. The number of rotatable bonds is 7. The molecule has 0 aliphatic carbocycles. The fourth-order valence-electron chi connectivity index (χ4n) is 2.28. The minimum atomic E-state index is -3.92. The molecule has 0 bridgehead atoms. The summed E-state index contributed by atoms with van der Waals surface area (Å²) >= 11 is 5.62. The molecule has 3 rings (SSSR count). The Morgan fingerprint density at radius 3 is 2.59 bits per heavy atom. The first-order valence-corrected chi connectivity index (χ1v) is 10.1. The predicted molar refractivity (Wildman–Crippen MR) is 102 cm³/mol. The number of amides is 1. The number of nitrogens with zero attached hydrogens (tertiary/aromatic N) is 4. The first kappa shape index (κ1) is 20.8. The molecule has 0 aliphatic heterocycles. The van der Waals surface area contributed by atoms with Crippen LogP contribution >= 0.6 is 11.6 Å². The van der Waals surface area contributed by atoms with Crippen LogP contribution in [0.25, 0.3) is 0 Å². The molecule has 152 valence electrons. The molecule has 1 aromatic carbocycles. The minimum absolute atomic E-state index is 0.0813. The van der Waals surface area contributed by atoms with E-state index in [9.17, 15) is 17.6 Å². The Hall–Kier alpha value is -2.89. The normalized spacial score (nSPS) is 11.4. The van der Waals surface area contributed by atoms with Crippen LogP contribution in [0, 0.1) is 5.82 Å². The first-order valence-electron chi connectivity index (χ1n) is 8.25. The molecular formula is C17H16ClFN6O3S. The van der Waals surface area contributed by atoms with Gasteiger partial charge >= 0.3 is 0 Å². The number of hydrogen-bond donors (Lipinski definition) is 2. The van der Waals surface area contributed by atoms with Crippen LogP contribution in [0.4, 0.5) is 4.39 Å². The van der Waals surface area contributed by atoms with Gasteiger partial charge in [0.2, 0.25) is 10.0 Å². The average molecular weight is 439 g/mol. The fourth-order valence-corrected chi connectivity index (χ4v) is 3.55. The van der Waals surface area contributed by atoms with E-state index < -0.39 is 21.7 Å². The molecule has 29 heavy (non-hydrogen) atoms. The van der Waals surface area contributed by atoms with E-state index in [2.05, 4.69) is 25.0 Å². The summed E-state index contributed by atoms with van der Waals surface area (Å²) in [6.45, 7) is 0.0727. The van der Waals surface area contributed by atoms with E-state index in [4.69, 9.17) is 11.6 Å². The number of nitrogens with one attached hydrogen (secondary N) is 2. The molecule has 0 unspecified atom stereocenters. The largest absolute Gasteiger partial charge is 0.345 e. The lowest BCUT2D eigenvalue weighted by molar-refractivity contribution is 0.0945. The Bertz CT molecular complexity index is 1130. The third kappa shape index (κ3) is 5.34. The number of imidazole rings is 1. The standard InChI is InChI=1S/C17H16ClFN6O3S/c1-25-9-12(23-10-25)6-22-17(26)16-8-20-11(5-21-16)7-24-29(27,28)13-2-3-15(19)14(18)4-13/h2-5,8-10,24H,6-7H2,1H3,(H,22,26). The average Bonchev–Trinajstić information content (AvgIpc) is 3.12. The maximum Gasteiger partial charge on any atom is 0.271 e. The number of hydrogen-bond acceptors (Lipinski definition) is 6. The Morgan fingerprint density at radius 1 is 1.17 bits per heavy atom. The zero-order valence-corrected chi connectivity index (χ0v) is 16.7. The maximum absolute atomic E-state index is 13.2. The quantitative estimate of drug-likeness (QED) is 0.575. The van der Waals surface area contributed by atoms with Gasteiger partial charge in [0.1, 0.15) is 11.5 Å². The Kier molecular flexibility index (Phi) is 6.20. The molecular weight excluding hydrogens is 423 g/mol. The van der Waals surface area contributed by atoms with E-state index in [-0.39, 0.29) is 28.7 Å². The van der Waals surface area contributed by atoms with Crippen LogP contribution in [0.5, 0.6) is 0 Å². The highest BCUT2D eigenvalue weighted by molar-refractivity contribution is 7.89. The van der Waals surface area contributed by atoms with Gasteiger partial charge in [0, 0.05) is 13.2 Å². The van der Waals surface area contributed by atoms with Gasteiger partial charge in [0.05, 0.1) is 53.1 Å². The number of benzene rings is 1. The van der Waals surface area contributed by atoms with E-state index >= 15 is 0 Å². The molecule has 2 N–H and O–H groups in total. The summed E-state index contributed by atoms with van der Waals surface area (Å²) in [7, 11) is -2.10. The molecule has 3 aromatic rings. The van der Waals surface area contributed by atoms with Gasteiger partial charge in [-0.15, -0.1) is 0 Å². The summed E-state index contributed by atoms with van der Waals surface area (Å²) in [6, 6.07) is 3.08. The molecule has 0 saturated carbocycles. The van der Waals surface area contributed by atoms with Crippen molar-refractivity contribution in [3.63, 3.8) is 0 Å². The van der Waals surface area contributed by atoms with E-state index in [0.29, 0.717) is 11.4 Å². The van der Waals surface area contributed by atoms with E-state index in [1.807, 2.05) is 7.05 Å². The summed E-state index contributed by atoms with van der Waals surface area (Å²) in [6.07, 6.45) is 5.93. The zero-order chi connectivity index (χ0) is 21.0. The number of halogens is 2. The Balaban J connectivity index is 1.58. The molecule has 0 fully saturated rings. The van der Waals surface area contributed by atoms with Crippen LogP contribution in [0.2, 0.25) is 5.02 Å². The number of sulfonamides is 1. The van der Waals surface area contributed by atoms with Crippen molar-refractivity contribution in [1.82, 2.24) is 29.6 Å². The van der Waals surface area contributed by atoms with Crippen molar-refractivity contribution in [1.29, 1.82) is 0 Å². The van der Waals surface area contributed by atoms with Gasteiger partial charge in [-0.25, -0.2) is 27.5 Å². The molecule has 0 saturated heterocycles. The third-order valence-electron chi connectivity index (χ3n) is 3.77. The lowest BCUT2D eigenvalue weighted by Gasteiger charge is -2.07. The summed E-state index contributed by atoms with van der Waals surface area (Å²) < 4.78 is 41.8. The second kappa shape index (κ2) is 8.64. The Morgan fingerprint density at radius 2 is 1.97 bits per heavy atom. The van der Waals surface area contributed by atoms with Gasteiger partial charge in [-0.3, -0.25) is 9.78 Å². The predicted octanol–water partition coefficient (Wildman–Crippen LogP) is 1.41. The van der Waals surface area contributed by atoms with Gasteiger partial charge in [-0.2, -0.15) is 0 Å². The van der Waals surface area contributed by atoms with Crippen LogP contribution in [0.15, 0.2) is 48.0 Å². The van der Waals surface area contributed by atoms with Crippen molar-refractivity contribution in [2.45, 2.75) is 18.0 Å². The van der Waals surface area contributed by atoms with E-state index in [0.717, 1.165) is 18.2 Å². The first-order chi connectivity index (χ1) is 13.7. The highest BCUT2D eigenvalue weighted by atomic mass is 35.5. The van der Waals surface area contributed by atoms with Gasteiger partial charge in [-0.05, 0) is 18.2 Å². The van der Waals surface area contributed by atoms with Crippen molar-refractivity contribution in [3.05, 3.63) is 71.0 Å². The van der Waals surface area contributed by atoms with Crippen molar-refractivity contribution in [2.24, 2.45) is 7.05 Å². The van der Waals surface area contributed by atoms with Crippen molar-refractivity contribution >= 4 is 27.5 Å². The van der Waals surface area contributed by atoms with Crippen LogP contribution in [0.3, 0.4) is 0 Å². The lowest BCUT2D eigenvalue weighted by Crippen LogP contribution is -2.25. The van der Waals surface area contributed by atoms with Crippen molar-refractivity contribution in [2.75, 3.05) is 0 Å². The topological polar surface area (TPSA) is 119 Å². The molecule has 0 atom stereocenters. The molecule has 2 heterocycles. The highest BCUT2D eigenvalue weighted by Crippen LogP contribution is 2.19. The van der Waals surface area contributed by atoms with Crippen LogP contribution in [0.1, 0.15) is 21.9 Å². The van der Waals surface area contributed by atoms with Crippen LogP contribution in [-0.4, -0.2) is 33.8 Å². The molecule has 0 spiro atoms. The number of aromatic nitrogens is 4. The second-order valence-corrected chi connectivity index (χ2v) is 8.18. The second-order valence-electron chi connectivity index (χ2n) is 6.01. The number of carbonyl (C=O) groups is 1. The lowest BCUT2D eigenvalue weighted by atomic mass is 10.3. The number of aryl methyl sites for hydroxylation is 1. The summed E-state index contributed by atoms with van der Waals surface area (Å²) in [5, 5.41) is 2.37. The summed E-state index contributed by atoms with van der Waals surface area (Å²) in [5.74, 6) is -1.15. The SMILES string of the molecule is Cn1cnc(CNC(=O)c2cnc(CNS(=O)(=O)c3ccc(F)c(Cl)c3)cn2)c1. The monoisotopic (exact) mass is 438 g/mol. The van der Waals surface area contributed by atoms with Crippen LogP contribution < -0.4 is 10.0 Å². The Labute approximate surface area is 171 Å². The fraction of sp³-hybridized carbons (Fsp3) is 0.176. The summed E-state index contributed by atoms with van der Waals surface area (Å²) in [5.41, 5.74) is 1.07. The van der Waals surface area contributed by atoms with Gasteiger partial charge < -0.3 is 9.88 Å². The van der Waals surface area contributed by atoms with Crippen molar-refractivity contribution < 1.29 is 17.6 Å². The maximum atomic E-state index is 13.2. The molecule has 12 heteroatoms. The highest BCUT2D eigenvalue weighted by Gasteiger charge is 2.16.